The average Bonchev–Trinajstić information content (AvgIpc) is 3.55. The van der Waals surface area contributed by atoms with Crippen LogP contribution in [0.3, 0.4) is 0 Å². The molecular weight excluding hydrogens is 448 g/mol. The molecule has 1 saturated carbocycles. The van der Waals surface area contributed by atoms with Gasteiger partial charge in [0.2, 0.25) is 0 Å². The molecule has 1 aromatic heterocycles. The minimum absolute atomic E-state index is 0.0777. The second kappa shape index (κ2) is 10.8. The Balaban J connectivity index is 1.60. The number of rotatable bonds is 5. The molecule has 0 saturated heterocycles. The topological polar surface area (TPSA) is 97.1 Å². The molecule has 0 unspecified atom stereocenters. The molecule has 2 aliphatic rings. The van der Waals surface area contributed by atoms with Gasteiger partial charge in [-0.2, -0.15) is 0 Å². The molecule has 190 valence electrons. The van der Waals surface area contributed by atoms with Crippen molar-refractivity contribution in [2.75, 3.05) is 45.7 Å². The van der Waals surface area contributed by atoms with Crippen LogP contribution in [0.15, 0.2) is 28.8 Å². The number of hydrogen-bond donors (Lipinski definition) is 1. The standard InChI is InChI=1S/C26H36N4O5/c1-16-12-30(13-19-6-7-19)17(2)15-34-23-11-20(27-25(31)22-10-18(3)35-28-22)8-9-21(23)26(32)29(4)14-24(16)33-5/h8-11,16-17,19,24H,6-7,12-15H2,1-5H3,(H,27,31)/t16-,17+,24-/m1/s1. The molecular formula is C26H36N4O5. The fraction of sp³-hybridized carbons (Fsp3) is 0.577. The quantitative estimate of drug-likeness (QED) is 0.694. The van der Waals surface area contributed by atoms with Gasteiger partial charge < -0.3 is 24.2 Å². The van der Waals surface area contributed by atoms with Crippen LogP contribution in [-0.4, -0.2) is 79.3 Å². The lowest BCUT2D eigenvalue weighted by Gasteiger charge is -2.36. The van der Waals surface area contributed by atoms with Crippen LogP contribution in [0.2, 0.25) is 0 Å². The highest BCUT2D eigenvalue weighted by atomic mass is 16.5. The van der Waals surface area contributed by atoms with E-state index in [4.69, 9.17) is 14.0 Å². The Labute approximate surface area is 206 Å². The molecule has 1 aliphatic heterocycles. The number of aromatic nitrogens is 1. The third kappa shape index (κ3) is 6.21. The Morgan fingerprint density at radius 2 is 2.00 bits per heavy atom. The molecule has 1 N–H and O–H groups in total. The first kappa shape index (κ1) is 25.2. The van der Waals surface area contributed by atoms with Crippen molar-refractivity contribution in [1.29, 1.82) is 0 Å². The zero-order valence-electron chi connectivity index (χ0n) is 21.2. The normalized spacial score (nSPS) is 24.2. The number of carbonyl (C=O) groups is 2. The minimum Gasteiger partial charge on any atom is -0.491 e. The van der Waals surface area contributed by atoms with Gasteiger partial charge in [0.1, 0.15) is 18.1 Å². The van der Waals surface area contributed by atoms with Crippen LogP contribution < -0.4 is 10.1 Å². The number of likely N-dealkylation sites (N-methyl/N-ethyl adjacent to an activating group) is 1. The van der Waals surface area contributed by atoms with E-state index in [0.717, 1.165) is 19.0 Å². The molecule has 9 heteroatoms. The maximum Gasteiger partial charge on any atom is 0.277 e. The number of carbonyl (C=O) groups excluding carboxylic acids is 2. The monoisotopic (exact) mass is 484 g/mol. The zero-order valence-corrected chi connectivity index (χ0v) is 21.2. The van der Waals surface area contributed by atoms with Crippen molar-refractivity contribution in [1.82, 2.24) is 15.0 Å². The van der Waals surface area contributed by atoms with Crippen molar-refractivity contribution < 1.29 is 23.6 Å². The van der Waals surface area contributed by atoms with E-state index in [9.17, 15) is 9.59 Å². The molecule has 9 nitrogen and oxygen atoms in total. The van der Waals surface area contributed by atoms with Crippen molar-refractivity contribution in [3.05, 3.63) is 41.3 Å². The lowest BCUT2D eigenvalue weighted by molar-refractivity contribution is 0.00994. The fourth-order valence-electron chi connectivity index (χ4n) is 4.48. The summed E-state index contributed by atoms with van der Waals surface area (Å²) in [5.74, 6) is 1.46. The Morgan fingerprint density at radius 3 is 2.66 bits per heavy atom. The van der Waals surface area contributed by atoms with Gasteiger partial charge in [-0.25, -0.2) is 0 Å². The number of nitrogens with zero attached hydrogens (tertiary/aromatic N) is 3. The first-order chi connectivity index (χ1) is 16.7. The SMILES string of the molecule is CO[C@@H]1CN(C)C(=O)c2ccc(NC(=O)c3cc(C)on3)cc2OC[C@H](C)N(CC2CC2)C[C@H]1C. The number of amides is 2. The first-order valence-corrected chi connectivity index (χ1v) is 12.3. The van der Waals surface area contributed by atoms with E-state index in [1.807, 2.05) is 0 Å². The second-order valence-corrected chi connectivity index (χ2v) is 9.98. The van der Waals surface area contributed by atoms with Gasteiger partial charge in [-0.3, -0.25) is 14.5 Å². The molecule has 1 aromatic carbocycles. The van der Waals surface area contributed by atoms with Crippen LogP contribution >= 0.6 is 0 Å². The average molecular weight is 485 g/mol. The lowest BCUT2D eigenvalue weighted by Crippen LogP contribution is -2.47. The second-order valence-electron chi connectivity index (χ2n) is 9.98. The minimum atomic E-state index is -0.390. The van der Waals surface area contributed by atoms with Crippen molar-refractivity contribution in [2.24, 2.45) is 11.8 Å². The van der Waals surface area contributed by atoms with Gasteiger partial charge in [0, 0.05) is 57.7 Å². The zero-order chi connectivity index (χ0) is 25.1. The highest BCUT2D eigenvalue weighted by molar-refractivity contribution is 6.03. The van der Waals surface area contributed by atoms with Gasteiger partial charge in [0.15, 0.2) is 5.69 Å². The van der Waals surface area contributed by atoms with E-state index in [1.165, 1.54) is 12.8 Å². The van der Waals surface area contributed by atoms with E-state index < -0.39 is 0 Å². The van der Waals surface area contributed by atoms with Gasteiger partial charge in [-0.15, -0.1) is 0 Å². The maximum absolute atomic E-state index is 13.3. The van der Waals surface area contributed by atoms with Gasteiger partial charge in [-0.1, -0.05) is 12.1 Å². The summed E-state index contributed by atoms with van der Waals surface area (Å²) in [7, 11) is 3.49. The van der Waals surface area contributed by atoms with Gasteiger partial charge >= 0.3 is 0 Å². The number of aryl methyl sites for hydroxylation is 1. The molecule has 0 radical (unpaired) electrons. The molecule has 2 heterocycles. The molecule has 2 amide bonds. The summed E-state index contributed by atoms with van der Waals surface area (Å²) in [6.45, 7) is 8.90. The first-order valence-electron chi connectivity index (χ1n) is 12.3. The predicted octanol–water partition coefficient (Wildman–Crippen LogP) is 3.45. The Bertz CT molecular complexity index is 1050. The maximum atomic E-state index is 13.3. The number of methoxy groups -OCH3 is 1. The van der Waals surface area contributed by atoms with Crippen LogP contribution in [0.5, 0.6) is 5.75 Å². The Morgan fingerprint density at radius 1 is 1.23 bits per heavy atom. The van der Waals surface area contributed by atoms with E-state index in [2.05, 4.69) is 29.2 Å². The van der Waals surface area contributed by atoms with Gasteiger partial charge in [0.05, 0.1) is 11.7 Å². The largest absolute Gasteiger partial charge is 0.491 e. The summed E-state index contributed by atoms with van der Waals surface area (Å²) in [5.41, 5.74) is 1.16. The summed E-state index contributed by atoms with van der Waals surface area (Å²) in [6.07, 6.45) is 2.48. The molecule has 0 bridgehead atoms. The van der Waals surface area contributed by atoms with E-state index in [1.54, 1.807) is 50.2 Å². The van der Waals surface area contributed by atoms with Gasteiger partial charge in [0.25, 0.3) is 11.8 Å². The fourth-order valence-corrected chi connectivity index (χ4v) is 4.48. The Hall–Kier alpha value is -2.91. The van der Waals surface area contributed by atoms with Crippen LogP contribution in [0, 0.1) is 18.8 Å². The van der Waals surface area contributed by atoms with Crippen molar-refractivity contribution in [3.63, 3.8) is 0 Å². The van der Waals surface area contributed by atoms with E-state index in [-0.39, 0.29) is 35.6 Å². The number of fused-ring (bicyclic) bond motifs is 1. The Kier molecular flexibility index (Phi) is 7.76. The molecule has 2 aromatic rings. The highest BCUT2D eigenvalue weighted by Gasteiger charge is 2.31. The van der Waals surface area contributed by atoms with Crippen molar-refractivity contribution >= 4 is 17.5 Å². The number of hydrogen-bond acceptors (Lipinski definition) is 7. The third-order valence-electron chi connectivity index (χ3n) is 6.88. The van der Waals surface area contributed by atoms with Crippen LogP contribution in [0.4, 0.5) is 5.69 Å². The highest BCUT2D eigenvalue weighted by Crippen LogP contribution is 2.32. The summed E-state index contributed by atoms with van der Waals surface area (Å²) in [6, 6.07) is 6.82. The number of nitrogens with one attached hydrogen (secondary N) is 1. The predicted molar refractivity (Wildman–Crippen MR) is 132 cm³/mol. The molecule has 1 fully saturated rings. The van der Waals surface area contributed by atoms with Crippen LogP contribution in [0.25, 0.3) is 0 Å². The summed E-state index contributed by atoms with van der Waals surface area (Å²) >= 11 is 0. The summed E-state index contributed by atoms with van der Waals surface area (Å²) in [4.78, 5) is 30.1. The molecule has 4 rings (SSSR count). The summed E-state index contributed by atoms with van der Waals surface area (Å²) < 4.78 is 17.0. The van der Waals surface area contributed by atoms with Crippen LogP contribution in [0.1, 0.15) is 53.3 Å². The third-order valence-corrected chi connectivity index (χ3v) is 6.88. The number of anilines is 1. The molecule has 35 heavy (non-hydrogen) atoms. The van der Waals surface area contributed by atoms with E-state index >= 15 is 0 Å². The molecule has 0 spiro atoms. The number of ether oxygens (including phenoxy) is 2. The van der Waals surface area contributed by atoms with Gasteiger partial charge in [-0.05, 0) is 50.7 Å². The summed E-state index contributed by atoms with van der Waals surface area (Å²) in [5, 5.41) is 6.58. The number of benzene rings is 1. The van der Waals surface area contributed by atoms with Crippen molar-refractivity contribution in [2.45, 2.75) is 45.8 Å². The smallest absolute Gasteiger partial charge is 0.277 e. The lowest BCUT2D eigenvalue weighted by atomic mass is 10.0. The van der Waals surface area contributed by atoms with E-state index in [0.29, 0.717) is 35.9 Å². The van der Waals surface area contributed by atoms with Crippen molar-refractivity contribution in [3.8, 4) is 5.75 Å². The van der Waals surface area contributed by atoms with Crippen LogP contribution in [-0.2, 0) is 4.74 Å². The molecule has 1 aliphatic carbocycles. The molecule has 3 atom stereocenters.